The van der Waals surface area contributed by atoms with E-state index in [1.165, 1.54) is 103 Å². The van der Waals surface area contributed by atoms with E-state index in [0.29, 0.717) is 52.4 Å². The summed E-state index contributed by atoms with van der Waals surface area (Å²) in [6, 6.07) is 171. The van der Waals surface area contributed by atoms with Crippen molar-refractivity contribution in [3.63, 3.8) is 0 Å². The number of fused-ring (bicyclic) bond motifs is 25. The average molecular weight is 1880 g/mol. The van der Waals surface area contributed by atoms with Gasteiger partial charge in [-0.05, 0) is 205 Å². The smallest absolute Gasteiger partial charge is 0.164 e. The maximum absolute atomic E-state index is 6.42. The average Bonchev–Trinajstić information content (AvgIpc) is 1.61. The fourth-order valence-electron chi connectivity index (χ4n) is 21.3. The zero-order valence-electron chi connectivity index (χ0n) is 79.0. The summed E-state index contributed by atoms with van der Waals surface area (Å²) < 4.78 is 19.2. The first kappa shape index (κ1) is 85.1. The largest absolute Gasteiger partial charge is 0.456 e. The van der Waals surface area contributed by atoms with E-state index in [4.69, 9.17) is 58.1 Å². The molecule has 0 atom stereocenters. The Morgan fingerprint density at radius 2 is 0.333 bits per heavy atom. The van der Waals surface area contributed by atoms with Crippen molar-refractivity contribution in [2.24, 2.45) is 0 Å². The van der Waals surface area contributed by atoms with Crippen LogP contribution in [0.3, 0.4) is 0 Å². The molecule has 0 aliphatic rings. The molecule has 30 rings (SSSR count). The summed E-state index contributed by atoms with van der Waals surface area (Å²) in [7, 11) is 0. The van der Waals surface area contributed by atoms with Gasteiger partial charge in [0, 0.05) is 98.5 Å². The highest BCUT2D eigenvalue weighted by Crippen LogP contribution is 2.47. The van der Waals surface area contributed by atoms with Crippen molar-refractivity contribution in [3.05, 3.63) is 491 Å². The molecule has 0 N–H and O–H groups in total. The number of nitrogens with zero attached hydrogens (tertiary/aromatic N) is 9. The molecule has 30 aromatic rings. The predicted octanol–water partition coefficient (Wildman–Crippen LogP) is 35.7. The minimum absolute atomic E-state index is 0.612. The minimum atomic E-state index is 0.612. The number of aromatic nitrogens is 9. The summed E-state index contributed by atoms with van der Waals surface area (Å²) in [5.74, 6) is 5.64. The van der Waals surface area contributed by atoms with E-state index in [1.54, 1.807) is 0 Å². The van der Waals surface area contributed by atoms with Crippen LogP contribution in [0.25, 0.3) is 299 Å². The van der Waals surface area contributed by atoms with Crippen LogP contribution in [0.1, 0.15) is 0 Å². The standard InChI is InChI=1S/C47H29N3O.C45H27N3O.C43H25N3O/c1-3-9-30(10-4-1)31-15-17-32(18-16-31)33-19-23-37(24-20-33)46-48-45(36-12-5-2-6-13-36)49-47(50-46)38-26-27-41-40(29-38)44-42(51-41)28-25-35-22-21-34-11-7-8-14-39(34)43(35)44;1-3-9-28(10-4-1)32-17-18-34-26-35(20-19-33(34)25-32)44-46-43(31-12-5-2-6-13-31)47-45(48-44)36-22-23-39-38(27-36)42-40(49-39)24-21-30-16-15-29-11-7-8-14-37(29)41(30)42;1-2-11-28(12-3-1)41-44-42(46-43(45-41)35-24-29-13-5-6-14-31(29)33-16-8-9-17-34(33)35)30-21-22-37-36(25-30)40-38(47-37)23-20-27-19-18-26-10-4-7-15-32(26)39(27)40/h1-29H;1-27H;1-25H. The Bertz CT molecular complexity index is 10500. The second kappa shape index (κ2) is 35.7. The van der Waals surface area contributed by atoms with Crippen molar-refractivity contribution in [2.75, 3.05) is 0 Å². The Labute approximate surface area is 842 Å². The van der Waals surface area contributed by atoms with Gasteiger partial charge in [0.25, 0.3) is 0 Å². The second-order valence-corrected chi connectivity index (χ2v) is 37.3. The lowest BCUT2D eigenvalue weighted by Gasteiger charge is -2.12. The molecule has 24 aromatic carbocycles. The maximum atomic E-state index is 6.42. The van der Waals surface area contributed by atoms with Crippen LogP contribution in [0, 0.1) is 0 Å². The van der Waals surface area contributed by atoms with Crippen LogP contribution in [0.4, 0.5) is 0 Å². The Morgan fingerprint density at radius 3 is 0.707 bits per heavy atom. The van der Waals surface area contributed by atoms with Crippen molar-refractivity contribution >= 4 is 163 Å². The van der Waals surface area contributed by atoms with Crippen LogP contribution in [0.15, 0.2) is 505 Å². The molecule has 0 aliphatic heterocycles. The Hall–Kier alpha value is -20.0. The van der Waals surface area contributed by atoms with E-state index < -0.39 is 0 Å². The molecule has 0 amide bonds. The highest BCUT2D eigenvalue weighted by Gasteiger charge is 2.25. The molecule has 0 saturated carbocycles. The highest BCUT2D eigenvalue weighted by atomic mass is 16.3. The van der Waals surface area contributed by atoms with Gasteiger partial charge < -0.3 is 13.3 Å². The molecule has 12 nitrogen and oxygen atoms in total. The molecule has 6 heterocycles. The van der Waals surface area contributed by atoms with Gasteiger partial charge >= 0.3 is 0 Å². The van der Waals surface area contributed by atoms with Gasteiger partial charge in [-0.15, -0.1) is 0 Å². The van der Waals surface area contributed by atoms with Crippen LogP contribution in [0.5, 0.6) is 0 Å². The molecular formula is C135H81N9O3. The zero-order valence-corrected chi connectivity index (χ0v) is 79.0. The van der Waals surface area contributed by atoms with E-state index in [2.05, 4.69) is 358 Å². The summed E-state index contributed by atoms with van der Waals surface area (Å²) in [6.45, 7) is 0. The lowest BCUT2D eigenvalue weighted by molar-refractivity contribution is 0.669. The van der Waals surface area contributed by atoms with Crippen LogP contribution in [-0.4, -0.2) is 44.9 Å². The van der Waals surface area contributed by atoms with Crippen molar-refractivity contribution in [1.82, 2.24) is 44.9 Å². The molecule has 0 fully saturated rings. The van der Waals surface area contributed by atoms with E-state index in [0.717, 1.165) is 143 Å². The fraction of sp³-hybridized carbons (Fsp3) is 0. The van der Waals surface area contributed by atoms with Gasteiger partial charge in [-0.3, -0.25) is 0 Å². The summed E-state index contributed by atoms with van der Waals surface area (Å²) in [4.78, 5) is 45.6. The number of furan rings is 3. The topological polar surface area (TPSA) is 155 Å². The molecule has 6 aromatic heterocycles. The molecule has 0 spiro atoms. The third-order valence-corrected chi connectivity index (χ3v) is 28.5. The first-order valence-electron chi connectivity index (χ1n) is 49.3. The molecule has 0 aliphatic carbocycles. The van der Waals surface area contributed by atoms with Gasteiger partial charge in [-0.25, -0.2) is 44.9 Å². The number of hydrogen-bond donors (Lipinski definition) is 0. The number of hydrogen-bond acceptors (Lipinski definition) is 12. The lowest BCUT2D eigenvalue weighted by Crippen LogP contribution is -2.00. The Morgan fingerprint density at radius 1 is 0.109 bits per heavy atom. The number of rotatable bonds is 12. The van der Waals surface area contributed by atoms with Gasteiger partial charge in [-0.1, -0.05) is 400 Å². The van der Waals surface area contributed by atoms with E-state index in [-0.39, 0.29) is 0 Å². The lowest BCUT2D eigenvalue weighted by atomic mass is 9.96. The van der Waals surface area contributed by atoms with Gasteiger partial charge in [0.2, 0.25) is 0 Å². The normalized spacial score (nSPS) is 11.7. The zero-order chi connectivity index (χ0) is 96.9. The quantitative estimate of drug-likeness (QED) is 0.107. The van der Waals surface area contributed by atoms with Gasteiger partial charge in [0.1, 0.15) is 33.5 Å². The van der Waals surface area contributed by atoms with Crippen LogP contribution in [0.2, 0.25) is 0 Å². The monoisotopic (exact) mass is 1880 g/mol. The molecule has 0 unspecified atom stereocenters. The number of benzene rings is 24. The van der Waals surface area contributed by atoms with Crippen LogP contribution in [-0.2, 0) is 0 Å². The molecule has 12 heteroatoms. The van der Waals surface area contributed by atoms with Crippen molar-refractivity contribution < 1.29 is 13.3 Å². The van der Waals surface area contributed by atoms with E-state index in [1.807, 2.05) is 133 Å². The second-order valence-electron chi connectivity index (χ2n) is 37.3. The van der Waals surface area contributed by atoms with Crippen LogP contribution < -0.4 is 0 Å². The van der Waals surface area contributed by atoms with E-state index >= 15 is 0 Å². The summed E-state index contributed by atoms with van der Waals surface area (Å²) in [5, 5.41) is 27.7. The summed E-state index contributed by atoms with van der Waals surface area (Å²) in [6.07, 6.45) is 0. The molecule has 684 valence electrons. The predicted molar refractivity (Wildman–Crippen MR) is 604 cm³/mol. The first-order chi connectivity index (χ1) is 72.8. The maximum Gasteiger partial charge on any atom is 0.164 e. The van der Waals surface area contributed by atoms with Crippen molar-refractivity contribution in [2.45, 2.75) is 0 Å². The first-order valence-corrected chi connectivity index (χ1v) is 49.3. The summed E-state index contributed by atoms with van der Waals surface area (Å²) in [5.41, 5.74) is 20.6. The van der Waals surface area contributed by atoms with E-state index in [9.17, 15) is 0 Å². The third-order valence-electron chi connectivity index (χ3n) is 28.5. The molecular weight excluding hydrogens is 1800 g/mol. The Kier molecular flexibility index (Phi) is 20.6. The third kappa shape index (κ3) is 15.5. The molecule has 0 radical (unpaired) electrons. The Balaban J connectivity index is 0.000000107. The van der Waals surface area contributed by atoms with Gasteiger partial charge in [-0.2, -0.15) is 0 Å². The molecule has 0 saturated heterocycles. The minimum Gasteiger partial charge on any atom is -0.456 e. The van der Waals surface area contributed by atoms with Gasteiger partial charge in [0.15, 0.2) is 52.4 Å². The summed E-state index contributed by atoms with van der Waals surface area (Å²) >= 11 is 0. The van der Waals surface area contributed by atoms with Crippen molar-refractivity contribution in [3.8, 4) is 136 Å². The molecule has 147 heavy (non-hydrogen) atoms. The molecule has 0 bridgehead atoms. The fourth-order valence-corrected chi connectivity index (χ4v) is 21.3. The SMILES string of the molecule is c1ccc(-c2ccc(-c3ccc(-c4nc(-c5ccccc5)nc(-c5ccc6oc7ccc8ccc9ccccc9c8c7c6c5)n4)cc3)cc2)cc1.c1ccc(-c2ccc3cc(-c4nc(-c5ccccc5)nc(-c5ccc6oc7ccc8ccc9ccccc9c8c7c6c5)n4)ccc3c2)cc1.c1ccc(-c2nc(-c3ccc4oc5ccc6ccc7ccccc7c6c5c4c3)nc(-c3cc4ccccc4c4ccccc34)n2)cc1. The highest BCUT2D eigenvalue weighted by molar-refractivity contribution is 6.30. The van der Waals surface area contributed by atoms with Gasteiger partial charge in [0.05, 0.1) is 0 Å². The van der Waals surface area contributed by atoms with Crippen LogP contribution >= 0.6 is 0 Å². The van der Waals surface area contributed by atoms with Crippen molar-refractivity contribution in [1.29, 1.82) is 0 Å².